The Balaban J connectivity index is 1.84. The van der Waals surface area contributed by atoms with Crippen molar-refractivity contribution in [1.82, 2.24) is 0 Å². The molecule has 1 heterocycles. The van der Waals surface area contributed by atoms with E-state index in [0.717, 1.165) is 18.8 Å². The van der Waals surface area contributed by atoms with Crippen LogP contribution in [0.3, 0.4) is 0 Å². The number of hydrogen-bond acceptors (Lipinski definition) is 4. The van der Waals surface area contributed by atoms with Crippen molar-refractivity contribution < 1.29 is 19.1 Å². The minimum atomic E-state index is -0.389. The highest BCUT2D eigenvalue weighted by molar-refractivity contribution is 5.87. The fraction of sp³-hybridized carbons (Fsp3) is 0.875. The Kier molecular flexibility index (Phi) is 5.58. The van der Waals surface area contributed by atoms with E-state index in [2.05, 4.69) is 6.92 Å². The molecular formula is C16H26O4. The number of methoxy groups -OCH3 is 1. The van der Waals surface area contributed by atoms with Crippen LogP contribution in [0.4, 0.5) is 0 Å². The summed E-state index contributed by atoms with van der Waals surface area (Å²) in [4.78, 5) is 24.1. The molecule has 2 fully saturated rings. The third-order valence-corrected chi connectivity index (χ3v) is 5.03. The zero-order valence-electron chi connectivity index (χ0n) is 12.6. The van der Waals surface area contributed by atoms with Crippen molar-refractivity contribution in [3.8, 4) is 0 Å². The quantitative estimate of drug-likeness (QED) is 0.727. The van der Waals surface area contributed by atoms with E-state index in [-0.39, 0.29) is 23.6 Å². The van der Waals surface area contributed by atoms with Gasteiger partial charge in [-0.3, -0.25) is 9.59 Å². The molecule has 4 heteroatoms. The minimum absolute atomic E-state index is 0.192. The maximum absolute atomic E-state index is 12.4. The SMILES string of the molecule is CCC1CCC(CC(=O)C2COCC2C(=O)OC)CC1. The highest BCUT2D eigenvalue weighted by Crippen LogP contribution is 2.34. The molecule has 2 aliphatic rings. The monoisotopic (exact) mass is 282 g/mol. The van der Waals surface area contributed by atoms with Crippen molar-refractivity contribution in [2.75, 3.05) is 20.3 Å². The number of hydrogen-bond donors (Lipinski definition) is 0. The highest BCUT2D eigenvalue weighted by Gasteiger charge is 2.40. The number of rotatable bonds is 5. The van der Waals surface area contributed by atoms with Gasteiger partial charge in [0, 0.05) is 6.42 Å². The van der Waals surface area contributed by atoms with Gasteiger partial charge in [0.2, 0.25) is 0 Å². The molecule has 2 rings (SSSR count). The number of ether oxygens (including phenoxy) is 2. The molecule has 114 valence electrons. The molecule has 20 heavy (non-hydrogen) atoms. The molecule has 0 aromatic rings. The van der Waals surface area contributed by atoms with E-state index in [9.17, 15) is 9.59 Å². The number of carbonyl (C=O) groups is 2. The first-order valence-electron chi connectivity index (χ1n) is 7.84. The van der Waals surface area contributed by atoms with Crippen LogP contribution in [0.5, 0.6) is 0 Å². The van der Waals surface area contributed by atoms with E-state index in [1.54, 1.807) is 0 Å². The first-order valence-corrected chi connectivity index (χ1v) is 7.84. The lowest BCUT2D eigenvalue weighted by molar-refractivity contribution is -0.148. The first-order chi connectivity index (χ1) is 9.65. The average molecular weight is 282 g/mol. The van der Waals surface area contributed by atoms with Gasteiger partial charge >= 0.3 is 5.97 Å². The van der Waals surface area contributed by atoms with Gasteiger partial charge in [0.25, 0.3) is 0 Å². The summed E-state index contributed by atoms with van der Waals surface area (Å²) in [5, 5.41) is 0. The highest BCUT2D eigenvalue weighted by atomic mass is 16.5. The van der Waals surface area contributed by atoms with Crippen LogP contribution in [0.25, 0.3) is 0 Å². The van der Waals surface area contributed by atoms with Crippen LogP contribution < -0.4 is 0 Å². The predicted molar refractivity (Wildman–Crippen MR) is 75.2 cm³/mol. The van der Waals surface area contributed by atoms with Gasteiger partial charge in [0.05, 0.1) is 32.2 Å². The fourth-order valence-corrected chi connectivity index (χ4v) is 3.54. The van der Waals surface area contributed by atoms with Gasteiger partial charge in [-0.15, -0.1) is 0 Å². The van der Waals surface area contributed by atoms with Crippen molar-refractivity contribution in [2.45, 2.75) is 45.4 Å². The normalized spacial score (nSPS) is 33.9. The van der Waals surface area contributed by atoms with E-state index in [4.69, 9.17) is 9.47 Å². The van der Waals surface area contributed by atoms with Crippen molar-refractivity contribution >= 4 is 11.8 Å². The Hall–Kier alpha value is -0.900. The summed E-state index contributed by atoms with van der Waals surface area (Å²) in [7, 11) is 1.37. The Bertz CT molecular complexity index is 344. The van der Waals surface area contributed by atoms with Crippen LogP contribution in [-0.2, 0) is 19.1 Å². The summed E-state index contributed by atoms with van der Waals surface area (Å²) in [5.41, 5.74) is 0. The van der Waals surface area contributed by atoms with Crippen molar-refractivity contribution in [3.05, 3.63) is 0 Å². The summed E-state index contributed by atoms with van der Waals surface area (Å²) in [5.74, 6) is 0.558. The Morgan fingerprint density at radius 1 is 1.05 bits per heavy atom. The number of esters is 1. The zero-order chi connectivity index (χ0) is 14.5. The second-order valence-corrected chi connectivity index (χ2v) is 6.24. The maximum Gasteiger partial charge on any atom is 0.311 e. The Morgan fingerprint density at radius 3 is 2.25 bits per heavy atom. The van der Waals surface area contributed by atoms with Gasteiger partial charge < -0.3 is 9.47 Å². The molecule has 1 saturated heterocycles. The van der Waals surface area contributed by atoms with Crippen molar-refractivity contribution in [3.63, 3.8) is 0 Å². The molecule has 4 nitrogen and oxygen atoms in total. The van der Waals surface area contributed by atoms with Gasteiger partial charge in [0.15, 0.2) is 0 Å². The van der Waals surface area contributed by atoms with Gasteiger partial charge in [-0.1, -0.05) is 26.2 Å². The zero-order valence-corrected chi connectivity index (χ0v) is 12.6. The molecule has 1 aliphatic carbocycles. The molecule has 1 saturated carbocycles. The molecule has 0 radical (unpaired) electrons. The van der Waals surface area contributed by atoms with Crippen molar-refractivity contribution in [2.24, 2.45) is 23.7 Å². The summed E-state index contributed by atoms with van der Waals surface area (Å²) in [6.45, 7) is 2.95. The molecule has 0 aromatic heterocycles. The molecule has 0 aromatic carbocycles. The van der Waals surface area contributed by atoms with Crippen LogP contribution in [0.1, 0.15) is 45.4 Å². The van der Waals surface area contributed by atoms with Crippen LogP contribution in [-0.4, -0.2) is 32.1 Å². The molecule has 0 bridgehead atoms. The molecule has 2 unspecified atom stereocenters. The van der Waals surface area contributed by atoms with E-state index >= 15 is 0 Å². The molecule has 0 spiro atoms. The number of Topliss-reactive ketones (excluding diaryl/α,β-unsaturated/α-hetero) is 1. The standard InChI is InChI=1S/C16H26O4/c1-3-11-4-6-12(7-5-11)8-15(17)13-9-20-10-14(13)16(18)19-2/h11-14H,3-10H2,1-2H3. The molecular weight excluding hydrogens is 256 g/mol. The van der Waals surface area contributed by atoms with Crippen LogP contribution >= 0.6 is 0 Å². The van der Waals surface area contributed by atoms with Gasteiger partial charge in [0.1, 0.15) is 5.78 Å². The van der Waals surface area contributed by atoms with E-state index in [1.807, 2.05) is 0 Å². The van der Waals surface area contributed by atoms with E-state index in [0.29, 0.717) is 25.6 Å². The molecule has 0 amide bonds. The van der Waals surface area contributed by atoms with Crippen LogP contribution in [0, 0.1) is 23.7 Å². The number of carbonyl (C=O) groups excluding carboxylic acids is 2. The Labute approximate surface area is 121 Å². The first kappa shape index (κ1) is 15.5. The van der Waals surface area contributed by atoms with Crippen molar-refractivity contribution in [1.29, 1.82) is 0 Å². The lowest BCUT2D eigenvalue weighted by Crippen LogP contribution is -2.31. The largest absolute Gasteiger partial charge is 0.469 e. The fourth-order valence-electron chi connectivity index (χ4n) is 3.54. The Morgan fingerprint density at radius 2 is 1.65 bits per heavy atom. The average Bonchev–Trinajstić information content (AvgIpc) is 2.96. The van der Waals surface area contributed by atoms with Gasteiger partial charge in [-0.2, -0.15) is 0 Å². The predicted octanol–water partition coefficient (Wildman–Crippen LogP) is 2.60. The summed E-state index contributed by atoms with van der Waals surface area (Å²) < 4.78 is 10.1. The van der Waals surface area contributed by atoms with Crippen LogP contribution in [0.15, 0.2) is 0 Å². The second kappa shape index (κ2) is 7.21. The molecule has 1 aliphatic heterocycles. The number of ketones is 1. The van der Waals surface area contributed by atoms with E-state index in [1.165, 1.54) is 26.4 Å². The lowest BCUT2D eigenvalue weighted by Gasteiger charge is -2.28. The minimum Gasteiger partial charge on any atom is -0.469 e. The van der Waals surface area contributed by atoms with Gasteiger partial charge in [-0.05, 0) is 24.7 Å². The second-order valence-electron chi connectivity index (χ2n) is 6.24. The third kappa shape index (κ3) is 3.60. The third-order valence-electron chi connectivity index (χ3n) is 5.03. The summed E-state index contributed by atoms with van der Waals surface area (Å²) >= 11 is 0. The smallest absolute Gasteiger partial charge is 0.311 e. The summed E-state index contributed by atoms with van der Waals surface area (Å²) in [6, 6.07) is 0. The summed E-state index contributed by atoms with van der Waals surface area (Å²) in [6.07, 6.45) is 6.66. The molecule has 0 N–H and O–H groups in total. The topological polar surface area (TPSA) is 52.6 Å². The lowest BCUT2D eigenvalue weighted by atomic mass is 9.77. The maximum atomic E-state index is 12.4. The van der Waals surface area contributed by atoms with E-state index < -0.39 is 0 Å². The van der Waals surface area contributed by atoms with Crippen LogP contribution in [0.2, 0.25) is 0 Å². The molecule has 2 atom stereocenters. The van der Waals surface area contributed by atoms with Gasteiger partial charge in [-0.25, -0.2) is 0 Å².